The number of nitrogens with two attached hydrogens (primary N) is 1. The number of nitrogens with one attached hydrogen (secondary N) is 1. The molecule has 1 amide bonds. The van der Waals surface area contributed by atoms with E-state index in [-0.39, 0.29) is 11.6 Å². The summed E-state index contributed by atoms with van der Waals surface area (Å²) in [4.78, 5) is 13.0. The lowest BCUT2D eigenvalue weighted by molar-refractivity contribution is 0.102. The van der Waals surface area contributed by atoms with Gasteiger partial charge in [-0.3, -0.25) is 14.8 Å². The smallest absolute Gasteiger partial charge is 0.280 e. The van der Waals surface area contributed by atoms with E-state index in [4.69, 9.17) is 5.73 Å². The van der Waals surface area contributed by atoms with Gasteiger partial charge in [-0.2, -0.15) is 9.90 Å². The molecule has 0 fully saturated rings. The van der Waals surface area contributed by atoms with Crippen molar-refractivity contribution in [2.45, 2.75) is 13.5 Å². The molecule has 0 unspecified atom stereocenters. The lowest BCUT2D eigenvalue weighted by atomic mass is 10.3. The highest BCUT2D eigenvalue weighted by molar-refractivity contribution is 6.05. The van der Waals surface area contributed by atoms with Gasteiger partial charge in [0.05, 0.1) is 12.7 Å². The fraction of sp³-hybridized carbons (Fsp3) is 0.375. The van der Waals surface area contributed by atoms with Crippen molar-refractivity contribution in [2.24, 2.45) is 7.05 Å². The Kier molecular flexibility index (Phi) is 2.73. The highest BCUT2D eigenvalue weighted by Crippen LogP contribution is 2.10. The van der Waals surface area contributed by atoms with Crippen LogP contribution >= 0.6 is 0 Å². The summed E-state index contributed by atoms with van der Waals surface area (Å²) in [5.41, 5.74) is 6.14. The quantitative estimate of drug-likeness (QED) is 0.725. The molecule has 2 rings (SSSR count). The Morgan fingerprint density at radius 3 is 2.82 bits per heavy atom. The van der Waals surface area contributed by atoms with Crippen LogP contribution in [0.15, 0.2) is 6.20 Å². The first-order valence-corrected chi connectivity index (χ1v) is 4.98. The van der Waals surface area contributed by atoms with Crippen molar-refractivity contribution >= 4 is 17.5 Å². The van der Waals surface area contributed by atoms with Crippen molar-refractivity contribution in [1.29, 1.82) is 0 Å². The largest absolute Gasteiger partial charge is 0.396 e. The van der Waals surface area contributed by atoms with Gasteiger partial charge >= 0.3 is 0 Å². The van der Waals surface area contributed by atoms with Gasteiger partial charge in [-0.1, -0.05) is 5.10 Å². The van der Waals surface area contributed by atoms with Crippen LogP contribution in [0.3, 0.4) is 0 Å². The minimum Gasteiger partial charge on any atom is -0.396 e. The average Bonchev–Trinajstić information content (AvgIpc) is 2.85. The molecule has 90 valence electrons. The van der Waals surface area contributed by atoms with Crippen LogP contribution in [-0.4, -0.2) is 35.9 Å². The Hall–Kier alpha value is -2.45. The van der Waals surface area contributed by atoms with E-state index in [2.05, 4.69) is 25.8 Å². The van der Waals surface area contributed by atoms with E-state index in [0.29, 0.717) is 12.2 Å². The Balaban J connectivity index is 2.16. The molecule has 0 aliphatic heterocycles. The fourth-order valence-electron chi connectivity index (χ4n) is 1.27. The maximum absolute atomic E-state index is 11.8. The zero-order valence-electron chi connectivity index (χ0n) is 9.45. The van der Waals surface area contributed by atoms with Crippen molar-refractivity contribution < 1.29 is 4.79 Å². The molecule has 0 aromatic carbocycles. The van der Waals surface area contributed by atoms with Crippen LogP contribution in [0, 0.1) is 0 Å². The average molecular weight is 236 g/mol. The summed E-state index contributed by atoms with van der Waals surface area (Å²) in [7, 11) is 1.60. The maximum atomic E-state index is 11.8. The molecule has 0 saturated carbocycles. The molecule has 0 radical (unpaired) electrons. The number of carbonyl (C=O) groups excluding carboxylic acids is 1. The van der Waals surface area contributed by atoms with E-state index in [1.54, 1.807) is 17.9 Å². The standard InChI is InChI=1S/C8H12N8O/c1-3-16-4-5(9)6(12-16)7(17)10-8-11-14-15(2)13-8/h4H,3,9H2,1-2H3,(H,10,13,17). The van der Waals surface area contributed by atoms with Crippen molar-refractivity contribution in [3.8, 4) is 0 Å². The van der Waals surface area contributed by atoms with E-state index in [0.717, 1.165) is 0 Å². The molecule has 0 aliphatic carbocycles. The van der Waals surface area contributed by atoms with Crippen molar-refractivity contribution in [3.05, 3.63) is 11.9 Å². The fourth-order valence-corrected chi connectivity index (χ4v) is 1.27. The predicted molar refractivity (Wildman–Crippen MR) is 59.1 cm³/mol. The third-order valence-corrected chi connectivity index (χ3v) is 2.06. The first-order chi connectivity index (χ1) is 8.10. The van der Waals surface area contributed by atoms with Gasteiger partial charge in [-0.05, 0) is 12.1 Å². The molecule has 2 aromatic heterocycles. The minimum atomic E-state index is -0.456. The van der Waals surface area contributed by atoms with Gasteiger partial charge < -0.3 is 5.73 Å². The third kappa shape index (κ3) is 2.22. The number of aromatic nitrogens is 6. The summed E-state index contributed by atoms with van der Waals surface area (Å²) in [6.45, 7) is 2.54. The van der Waals surface area contributed by atoms with E-state index >= 15 is 0 Å². The lowest BCUT2D eigenvalue weighted by Crippen LogP contribution is -2.16. The molecule has 17 heavy (non-hydrogen) atoms. The summed E-state index contributed by atoms with van der Waals surface area (Å²) in [5, 5.41) is 17.5. The van der Waals surface area contributed by atoms with E-state index < -0.39 is 5.91 Å². The third-order valence-electron chi connectivity index (χ3n) is 2.06. The maximum Gasteiger partial charge on any atom is 0.280 e. The van der Waals surface area contributed by atoms with E-state index in [9.17, 15) is 4.79 Å². The molecule has 0 spiro atoms. The molecular weight excluding hydrogens is 224 g/mol. The molecule has 2 aromatic rings. The van der Waals surface area contributed by atoms with Gasteiger partial charge in [0.1, 0.15) is 0 Å². The number of hydrogen-bond acceptors (Lipinski definition) is 6. The number of rotatable bonds is 3. The van der Waals surface area contributed by atoms with Gasteiger partial charge in [0, 0.05) is 12.7 Å². The second kappa shape index (κ2) is 4.20. The van der Waals surface area contributed by atoms with Gasteiger partial charge in [-0.25, -0.2) is 0 Å². The Bertz CT molecular complexity index is 541. The zero-order valence-corrected chi connectivity index (χ0v) is 9.45. The predicted octanol–water partition coefficient (Wildman–Crippen LogP) is -0.739. The van der Waals surface area contributed by atoms with Gasteiger partial charge in [0.25, 0.3) is 11.9 Å². The molecule has 3 N–H and O–H groups in total. The number of anilines is 2. The molecular formula is C8H12N8O. The number of nitrogen functional groups attached to an aromatic ring is 1. The first kappa shape index (κ1) is 11.0. The molecule has 0 atom stereocenters. The number of nitrogens with zero attached hydrogens (tertiary/aromatic N) is 6. The molecule has 9 nitrogen and oxygen atoms in total. The molecule has 0 saturated heterocycles. The first-order valence-electron chi connectivity index (χ1n) is 4.98. The van der Waals surface area contributed by atoms with Crippen LogP contribution in [0.4, 0.5) is 11.6 Å². The second-order valence-corrected chi connectivity index (χ2v) is 3.35. The number of amides is 1. The second-order valence-electron chi connectivity index (χ2n) is 3.35. The number of carbonyl (C=O) groups is 1. The molecule has 0 aliphatic rings. The summed E-state index contributed by atoms with van der Waals surface area (Å²) < 4.78 is 1.58. The number of aryl methyl sites for hydroxylation is 2. The highest BCUT2D eigenvalue weighted by Gasteiger charge is 2.16. The Morgan fingerprint density at radius 2 is 2.29 bits per heavy atom. The molecule has 9 heteroatoms. The Labute approximate surface area is 96.6 Å². The lowest BCUT2D eigenvalue weighted by Gasteiger charge is -1.97. The normalized spacial score (nSPS) is 10.5. The zero-order chi connectivity index (χ0) is 12.4. The summed E-state index contributed by atoms with van der Waals surface area (Å²) >= 11 is 0. The topological polar surface area (TPSA) is 117 Å². The highest BCUT2D eigenvalue weighted by atomic mass is 16.2. The van der Waals surface area contributed by atoms with E-state index in [1.165, 1.54) is 4.80 Å². The van der Waals surface area contributed by atoms with Crippen LogP contribution in [0.1, 0.15) is 17.4 Å². The summed E-state index contributed by atoms with van der Waals surface area (Å²) in [6.07, 6.45) is 1.60. The van der Waals surface area contributed by atoms with E-state index in [1.807, 2.05) is 6.92 Å². The number of tetrazole rings is 1. The van der Waals surface area contributed by atoms with Gasteiger partial charge in [0.2, 0.25) is 0 Å². The molecule has 0 bridgehead atoms. The monoisotopic (exact) mass is 236 g/mol. The van der Waals surface area contributed by atoms with Crippen LogP contribution in [0.25, 0.3) is 0 Å². The van der Waals surface area contributed by atoms with Crippen LogP contribution in [0.2, 0.25) is 0 Å². The van der Waals surface area contributed by atoms with Gasteiger partial charge in [0.15, 0.2) is 5.69 Å². The SMILES string of the molecule is CCn1cc(N)c(C(=O)Nc2nnn(C)n2)n1. The van der Waals surface area contributed by atoms with Crippen LogP contribution in [0.5, 0.6) is 0 Å². The van der Waals surface area contributed by atoms with Crippen molar-refractivity contribution in [2.75, 3.05) is 11.1 Å². The summed E-state index contributed by atoms with van der Waals surface area (Å²) in [5.74, 6) is -0.342. The van der Waals surface area contributed by atoms with Crippen molar-refractivity contribution in [3.63, 3.8) is 0 Å². The Morgan fingerprint density at radius 1 is 1.53 bits per heavy atom. The summed E-state index contributed by atoms with van der Waals surface area (Å²) in [6, 6.07) is 0. The number of hydrogen-bond donors (Lipinski definition) is 2. The van der Waals surface area contributed by atoms with Gasteiger partial charge in [-0.15, -0.1) is 5.10 Å². The van der Waals surface area contributed by atoms with Crippen molar-refractivity contribution in [1.82, 2.24) is 30.0 Å². The van der Waals surface area contributed by atoms with Crippen LogP contribution < -0.4 is 11.1 Å². The minimum absolute atomic E-state index is 0.114. The molecule has 2 heterocycles. The van der Waals surface area contributed by atoms with Crippen LogP contribution in [-0.2, 0) is 13.6 Å².